The Kier molecular flexibility index (Phi) is 5.58. The number of nitrogens with zero attached hydrogens (tertiary/aromatic N) is 1. The van der Waals surface area contributed by atoms with Gasteiger partial charge in [0.1, 0.15) is 12.4 Å². The first-order valence-electron chi connectivity index (χ1n) is 8.75. The van der Waals surface area contributed by atoms with E-state index in [1.807, 2.05) is 0 Å². The predicted molar refractivity (Wildman–Crippen MR) is 93.3 cm³/mol. The van der Waals surface area contributed by atoms with Crippen molar-refractivity contribution in [3.63, 3.8) is 0 Å². The second-order valence-corrected chi connectivity index (χ2v) is 6.75. The van der Waals surface area contributed by atoms with Crippen LogP contribution in [-0.4, -0.2) is 56.3 Å². The number of nitrogens with two attached hydrogens (primary N) is 1. The third-order valence-electron chi connectivity index (χ3n) is 4.78. The molecule has 1 aromatic rings. The summed E-state index contributed by atoms with van der Waals surface area (Å²) in [5, 5.41) is 3.11. The third kappa shape index (κ3) is 4.39. The number of carbonyl (C=O) groups excluding carboxylic acids is 1. The molecule has 1 amide bonds. The molecule has 132 valence electrons. The summed E-state index contributed by atoms with van der Waals surface area (Å²) in [5.41, 5.74) is 7.10. The molecule has 1 atom stereocenters. The predicted octanol–water partition coefficient (Wildman–Crippen LogP) is 1.65. The normalized spacial score (nSPS) is 22.5. The van der Waals surface area contributed by atoms with Crippen LogP contribution in [0.15, 0.2) is 18.2 Å². The molecule has 2 heterocycles. The zero-order valence-corrected chi connectivity index (χ0v) is 14.3. The van der Waals surface area contributed by atoms with Crippen LogP contribution in [-0.2, 0) is 4.74 Å². The lowest BCUT2D eigenvalue weighted by Gasteiger charge is -2.29. The van der Waals surface area contributed by atoms with Crippen LogP contribution in [0.25, 0.3) is 0 Å². The molecule has 6 heteroatoms. The van der Waals surface area contributed by atoms with Crippen molar-refractivity contribution in [1.29, 1.82) is 0 Å². The fourth-order valence-corrected chi connectivity index (χ4v) is 3.18. The fourth-order valence-electron chi connectivity index (χ4n) is 3.18. The van der Waals surface area contributed by atoms with E-state index in [-0.39, 0.29) is 18.1 Å². The average molecular weight is 333 g/mol. The van der Waals surface area contributed by atoms with Gasteiger partial charge < -0.3 is 25.4 Å². The Balaban J connectivity index is 1.58. The SMILES string of the molecule is CN1CCC(NC(=O)c2ccc(N)c(OCC3CCCO3)c2)CC1. The Morgan fingerprint density at radius 2 is 2.17 bits per heavy atom. The van der Waals surface area contributed by atoms with Crippen LogP contribution < -0.4 is 15.8 Å². The minimum absolute atomic E-state index is 0.0634. The second-order valence-electron chi connectivity index (χ2n) is 6.75. The van der Waals surface area contributed by atoms with Gasteiger partial charge in [-0.3, -0.25) is 4.79 Å². The van der Waals surface area contributed by atoms with Gasteiger partial charge in [-0.1, -0.05) is 0 Å². The topological polar surface area (TPSA) is 76.8 Å². The maximum absolute atomic E-state index is 12.5. The Hall–Kier alpha value is -1.79. The second kappa shape index (κ2) is 7.85. The van der Waals surface area contributed by atoms with E-state index in [0.29, 0.717) is 23.6 Å². The molecule has 0 bridgehead atoms. The number of anilines is 1. The lowest BCUT2D eigenvalue weighted by atomic mass is 10.0. The highest BCUT2D eigenvalue weighted by molar-refractivity contribution is 5.95. The molecule has 2 aliphatic heterocycles. The quantitative estimate of drug-likeness (QED) is 0.801. The molecule has 3 rings (SSSR count). The lowest BCUT2D eigenvalue weighted by molar-refractivity contribution is 0.0681. The van der Waals surface area contributed by atoms with Gasteiger partial charge in [-0.05, 0) is 64.0 Å². The van der Waals surface area contributed by atoms with Crippen molar-refractivity contribution in [1.82, 2.24) is 10.2 Å². The molecule has 6 nitrogen and oxygen atoms in total. The Morgan fingerprint density at radius 1 is 1.38 bits per heavy atom. The van der Waals surface area contributed by atoms with E-state index in [0.717, 1.165) is 45.4 Å². The smallest absolute Gasteiger partial charge is 0.251 e. The monoisotopic (exact) mass is 333 g/mol. The van der Waals surface area contributed by atoms with Crippen molar-refractivity contribution >= 4 is 11.6 Å². The molecule has 2 aliphatic rings. The minimum atomic E-state index is -0.0634. The van der Waals surface area contributed by atoms with Crippen LogP contribution in [0.3, 0.4) is 0 Å². The molecule has 1 aromatic carbocycles. The molecule has 0 radical (unpaired) electrons. The van der Waals surface area contributed by atoms with E-state index in [1.54, 1.807) is 18.2 Å². The summed E-state index contributed by atoms with van der Waals surface area (Å²) in [7, 11) is 2.11. The number of nitrogen functional groups attached to an aromatic ring is 1. The molecule has 0 spiro atoms. The first-order chi connectivity index (χ1) is 11.6. The molecular weight excluding hydrogens is 306 g/mol. The molecule has 0 aromatic heterocycles. The number of nitrogens with one attached hydrogen (secondary N) is 1. The highest BCUT2D eigenvalue weighted by Crippen LogP contribution is 2.24. The largest absolute Gasteiger partial charge is 0.489 e. The van der Waals surface area contributed by atoms with E-state index in [2.05, 4.69) is 17.3 Å². The van der Waals surface area contributed by atoms with Gasteiger partial charge in [0.2, 0.25) is 0 Å². The third-order valence-corrected chi connectivity index (χ3v) is 4.78. The van der Waals surface area contributed by atoms with Crippen LogP contribution in [0, 0.1) is 0 Å². The van der Waals surface area contributed by atoms with Gasteiger partial charge in [-0.25, -0.2) is 0 Å². The summed E-state index contributed by atoms with van der Waals surface area (Å²) < 4.78 is 11.3. The maximum Gasteiger partial charge on any atom is 0.251 e. The summed E-state index contributed by atoms with van der Waals surface area (Å²) in [6.07, 6.45) is 4.18. The van der Waals surface area contributed by atoms with Crippen LogP contribution >= 0.6 is 0 Å². The lowest BCUT2D eigenvalue weighted by Crippen LogP contribution is -2.43. The highest BCUT2D eigenvalue weighted by Gasteiger charge is 2.20. The van der Waals surface area contributed by atoms with Gasteiger partial charge in [0.15, 0.2) is 0 Å². The van der Waals surface area contributed by atoms with Gasteiger partial charge in [0.25, 0.3) is 5.91 Å². The minimum Gasteiger partial charge on any atom is -0.489 e. The summed E-state index contributed by atoms with van der Waals surface area (Å²) in [4.78, 5) is 14.8. The van der Waals surface area contributed by atoms with Crippen LogP contribution in [0.2, 0.25) is 0 Å². The van der Waals surface area contributed by atoms with E-state index in [4.69, 9.17) is 15.2 Å². The maximum atomic E-state index is 12.5. The Bertz CT molecular complexity index is 565. The molecule has 0 saturated carbocycles. The number of piperidine rings is 1. The number of hydrogen-bond acceptors (Lipinski definition) is 5. The first kappa shape index (κ1) is 17.0. The van der Waals surface area contributed by atoms with Gasteiger partial charge in [-0.15, -0.1) is 0 Å². The Morgan fingerprint density at radius 3 is 2.88 bits per heavy atom. The summed E-state index contributed by atoms with van der Waals surface area (Å²) in [6, 6.07) is 5.45. The molecule has 1 unspecified atom stereocenters. The van der Waals surface area contributed by atoms with E-state index in [1.165, 1.54) is 0 Å². The first-order valence-corrected chi connectivity index (χ1v) is 8.75. The van der Waals surface area contributed by atoms with Gasteiger partial charge in [0, 0.05) is 18.2 Å². The van der Waals surface area contributed by atoms with E-state index < -0.39 is 0 Å². The van der Waals surface area contributed by atoms with Gasteiger partial charge in [0.05, 0.1) is 11.8 Å². The number of likely N-dealkylation sites (tertiary alicyclic amines) is 1. The van der Waals surface area contributed by atoms with Crippen molar-refractivity contribution in [2.75, 3.05) is 39.1 Å². The molecule has 0 aliphatic carbocycles. The fraction of sp³-hybridized carbons (Fsp3) is 0.611. The molecular formula is C18H27N3O3. The number of benzene rings is 1. The zero-order valence-electron chi connectivity index (χ0n) is 14.3. The van der Waals surface area contributed by atoms with Crippen molar-refractivity contribution in [3.05, 3.63) is 23.8 Å². The standard InChI is InChI=1S/C18H27N3O3/c1-21-8-6-14(7-9-21)20-18(22)13-4-5-16(19)17(11-13)24-12-15-3-2-10-23-15/h4-5,11,14-15H,2-3,6-10,12,19H2,1H3,(H,20,22). The van der Waals surface area contributed by atoms with Gasteiger partial charge >= 0.3 is 0 Å². The number of amides is 1. The number of ether oxygens (including phenoxy) is 2. The van der Waals surface area contributed by atoms with E-state index in [9.17, 15) is 4.79 Å². The van der Waals surface area contributed by atoms with Crippen molar-refractivity contribution < 1.29 is 14.3 Å². The van der Waals surface area contributed by atoms with Crippen molar-refractivity contribution in [3.8, 4) is 5.75 Å². The van der Waals surface area contributed by atoms with Crippen LogP contribution in [0.1, 0.15) is 36.0 Å². The molecule has 3 N–H and O–H groups in total. The number of hydrogen-bond donors (Lipinski definition) is 2. The average Bonchev–Trinajstić information content (AvgIpc) is 3.09. The van der Waals surface area contributed by atoms with Crippen LogP contribution in [0.4, 0.5) is 5.69 Å². The summed E-state index contributed by atoms with van der Waals surface area (Å²) in [5.74, 6) is 0.494. The van der Waals surface area contributed by atoms with Crippen molar-refractivity contribution in [2.24, 2.45) is 0 Å². The number of rotatable bonds is 5. The van der Waals surface area contributed by atoms with E-state index >= 15 is 0 Å². The molecule has 24 heavy (non-hydrogen) atoms. The Labute approximate surface area is 143 Å². The highest BCUT2D eigenvalue weighted by atomic mass is 16.5. The van der Waals surface area contributed by atoms with Crippen molar-refractivity contribution in [2.45, 2.75) is 37.8 Å². The van der Waals surface area contributed by atoms with Gasteiger partial charge in [-0.2, -0.15) is 0 Å². The summed E-state index contributed by atoms with van der Waals surface area (Å²) in [6.45, 7) is 3.30. The zero-order chi connectivity index (χ0) is 16.9. The number of carbonyl (C=O) groups is 1. The summed E-state index contributed by atoms with van der Waals surface area (Å²) >= 11 is 0. The molecule has 2 fully saturated rings. The van der Waals surface area contributed by atoms with Crippen LogP contribution in [0.5, 0.6) is 5.75 Å². The molecule has 2 saturated heterocycles.